The highest BCUT2D eigenvalue weighted by Gasteiger charge is 2.35. The maximum Gasteiger partial charge on any atom is 0.234 e. The Morgan fingerprint density at radius 2 is 1.62 bits per heavy atom. The van der Waals surface area contributed by atoms with Crippen LogP contribution in [0.2, 0.25) is 0 Å². The summed E-state index contributed by atoms with van der Waals surface area (Å²) in [5.74, 6) is -0.501. The number of amides is 2. The van der Waals surface area contributed by atoms with Gasteiger partial charge in [0.15, 0.2) is 0 Å². The molecular formula is C20H28ClN3O2. The van der Waals surface area contributed by atoms with Gasteiger partial charge in [-0.15, -0.1) is 12.4 Å². The number of nitrogens with zero attached hydrogens (tertiary/aromatic N) is 1. The van der Waals surface area contributed by atoms with Gasteiger partial charge in [-0.2, -0.15) is 0 Å². The number of piperidine rings is 3. The minimum absolute atomic E-state index is 0. The molecule has 3 heterocycles. The molecule has 0 saturated carbocycles. The van der Waals surface area contributed by atoms with E-state index in [1.165, 1.54) is 44.5 Å². The average Bonchev–Trinajstić information content (AvgIpc) is 2.64. The molecule has 1 aromatic carbocycles. The minimum Gasteiger partial charge on any atom is -0.371 e. The van der Waals surface area contributed by atoms with Crippen molar-refractivity contribution < 1.29 is 9.59 Å². The van der Waals surface area contributed by atoms with Crippen LogP contribution in [0.3, 0.4) is 0 Å². The predicted molar refractivity (Wildman–Crippen MR) is 105 cm³/mol. The standard InChI is InChI=1S/C20H27N3O2.ClH/c24-18-6-5-17(19(25)22-18)15-1-3-16(4-2-15)23-13-9-20(10-14-23)7-11-21-12-8-20;/h1-4,17,21H,5-14H2,(H,22,24,25);1H. The molecule has 6 heteroatoms. The van der Waals surface area contributed by atoms with Gasteiger partial charge in [-0.3, -0.25) is 14.9 Å². The van der Waals surface area contributed by atoms with E-state index < -0.39 is 0 Å². The molecule has 3 saturated heterocycles. The van der Waals surface area contributed by atoms with Crippen LogP contribution in [-0.2, 0) is 9.59 Å². The number of benzene rings is 1. The number of hydrogen-bond donors (Lipinski definition) is 2. The lowest BCUT2D eigenvalue weighted by Gasteiger charge is -2.45. The Bertz CT molecular complexity index is 646. The second kappa shape index (κ2) is 7.97. The molecule has 5 nitrogen and oxygen atoms in total. The van der Waals surface area contributed by atoms with Crippen molar-refractivity contribution in [2.75, 3.05) is 31.1 Å². The van der Waals surface area contributed by atoms with Gasteiger partial charge in [0.2, 0.25) is 11.8 Å². The summed E-state index contributed by atoms with van der Waals surface area (Å²) in [5, 5.41) is 5.92. The summed E-state index contributed by atoms with van der Waals surface area (Å²) in [4.78, 5) is 25.8. The third-order valence-electron chi connectivity index (χ3n) is 6.39. The van der Waals surface area contributed by atoms with Gasteiger partial charge < -0.3 is 10.2 Å². The zero-order chi connectivity index (χ0) is 17.3. The molecule has 0 aromatic heterocycles. The van der Waals surface area contributed by atoms with Gasteiger partial charge in [0.25, 0.3) is 0 Å². The van der Waals surface area contributed by atoms with Crippen molar-refractivity contribution in [1.29, 1.82) is 0 Å². The van der Waals surface area contributed by atoms with Crippen molar-refractivity contribution in [2.45, 2.75) is 44.4 Å². The lowest BCUT2D eigenvalue weighted by molar-refractivity contribution is -0.134. The number of hydrogen-bond acceptors (Lipinski definition) is 4. The molecule has 0 aliphatic carbocycles. The largest absolute Gasteiger partial charge is 0.371 e. The lowest BCUT2D eigenvalue weighted by Crippen LogP contribution is -2.45. The smallest absolute Gasteiger partial charge is 0.234 e. The molecule has 3 aliphatic heterocycles. The summed E-state index contributed by atoms with van der Waals surface area (Å²) in [6, 6.07) is 8.40. The zero-order valence-electron chi connectivity index (χ0n) is 15.1. The number of carbonyl (C=O) groups is 2. The normalized spacial score (nSPS) is 25.5. The topological polar surface area (TPSA) is 61.4 Å². The van der Waals surface area contributed by atoms with Crippen LogP contribution in [0.15, 0.2) is 24.3 Å². The van der Waals surface area contributed by atoms with E-state index in [1.54, 1.807) is 0 Å². The molecule has 0 radical (unpaired) electrons. The van der Waals surface area contributed by atoms with Crippen molar-refractivity contribution in [2.24, 2.45) is 5.41 Å². The fourth-order valence-electron chi connectivity index (χ4n) is 4.63. The summed E-state index contributed by atoms with van der Waals surface area (Å²) in [6.45, 7) is 4.58. The van der Waals surface area contributed by atoms with E-state index in [2.05, 4.69) is 39.8 Å². The van der Waals surface area contributed by atoms with Crippen LogP contribution in [0.4, 0.5) is 5.69 Å². The molecular weight excluding hydrogens is 350 g/mol. The zero-order valence-corrected chi connectivity index (χ0v) is 15.9. The van der Waals surface area contributed by atoms with E-state index >= 15 is 0 Å². The molecule has 26 heavy (non-hydrogen) atoms. The Balaban J connectivity index is 0.00000196. The minimum atomic E-state index is -0.189. The fourth-order valence-corrected chi connectivity index (χ4v) is 4.63. The van der Waals surface area contributed by atoms with Crippen LogP contribution >= 0.6 is 12.4 Å². The van der Waals surface area contributed by atoms with E-state index in [0.717, 1.165) is 18.7 Å². The summed E-state index contributed by atoms with van der Waals surface area (Å²) in [6.07, 6.45) is 6.24. The van der Waals surface area contributed by atoms with Gasteiger partial charge in [0.1, 0.15) is 0 Å². The second-order valence-electron chi connectivity index (χ2n) is 7.83. The number of nitrogens with one attached hydrogen (secondary N) is 2. The summed E-state index contributed by atoms with van der Waals surface area (Å²) in [7, 11) is 0. The van der Waals surface area contributed by atoms with E-state index in [4.69, 9.17) is 0 Å². The number of imide groups is 1. The van der Waals surface area contributed by atoms with Crippen molar-refractivity contribution in [3.63, 3.8) is 0 Å². The first-order chi connectivity index (χ1) is 12.2. The average molecular weight is 378 g/mol. The maximum absolute atomic E-state index is 12.0. The Kier molecular flexibility index (Phi) is 5.88. The quantitative estimate of drug-likeness (QED) is 0.778. The van der Waals surface area contributed by atoms with E-state index in [-0.39, 0.29) is 30.1 Å². The lowest BCUT2D eigenvalue weighted by atomic mass is 9.71. The number of rotatable bonds is 2. The summed E-state index contributed by atoms with van der Waals surface area (Å²) in [5.41, 5.74) is 2.83. The van der Waals surface area contributed by atoms with Gasteiger partial charge in [-0.1, -0.05) is 12.1 Å². The van der Waals surface area contributed by atoms with Gasteiger partial charge in [-0.05, 0) is 68.3 Å². The monoisotopic (exact) mass is 377 g/mol. The molecule has 0 bridgehead atoms. The molecule has 1 spiro atoms. The number of carbonyl (C=O) groups excluding carboxylic acids is 2. The van der Waals surface area contributed by atoms with Crippen LogP contribution in [-0.4, -0.2) is 38.0 Å². The molecule has 3 aliphatic rings. The second-order valence-corrected chi connectivity index (χ2v) is 7.83. The molecule has 2 amide bonds. The fraction of sp³-hybridized carbons (Fsp3) is 0.600. The number of halogens is 1. The van der Waals surface area contributed by atoms with E-state index in [9.17, 15) is 9.59 Å². The van der Waals surface area contributed by atoms with Crippen LogP contribution in [0.5, 0.6) is 0 Å². The van der Waals surface area contributed by atoms with Crippen molar-refractivity contribution >= 4 is 29.9 Å². The van der Waals surface area contributed by atoms with Crippen LogP contribution < -0.4 is 15.5 Å². The van der Waals surface area contributed by atoms with Gasteiger partial charge in [-0.25, -0.2) is 0 Å². The van der Waals surface area contributed by atoms with Crippen molar-refractivity contribution in [1.82, 2.24) is 10.6 Å². The highest BCUT2D eigenvalue weighted by atomic mass is 35.5. The highest BCUT2D eigenvalue weighted by molar-refractivity contribution is 6.00. The van der Waals surface area contributed by atoms with Crippen LogP contribution in [0.1, 0.15) is 50.0 Å². The highest BCUT2D eigenvalue weighted by Crippen LogP contribution is 2.40. The molecule has 2 N–H and O–H groups in total. The molecule has 1 unspecified atom stereocenters. The Labute approximate surface area is 161 Å². The number of anilines is 1. The maximum atomic E-state index is 12.0. The molecule has 142 valence electrons. The van der Waals surface area contributed by atoms with Gasteiger partial charge in [0.05, 0.1) is 5.92 Å². The Hall–Kier alpha value is -1.59. The van der Waals surface area contributed by atoms with Gasteiger partial charge >= 0.3 is 0 Å². The molecule has 1 atom stereocenters. The summed E-state index contributed by atoms with van der Waals surface area (Å²) < 4.78 is 0. The summed E-state index contributed by atoms with van der Waals surface area (Å²) >= 11 is 0. The van der Waals surface area contributed by atoms with Crippen LogP contribution in [0.25, 0.3) is 0 Å². The van der Waals surface area contributed by atoms with Gasteiger partial charge in [0, 0.05) is 25.2 Å². The van der Waals surface area contributed by atoms with E-state index in [0.29, 0.717) is 18.3 Å². The third kappa shape index (κ3) is 3.89. The van der Waals surface area contributed by atoms with Crippen molar-refractivity contribution in [3.8, 4) is 0 Å². The van der Waals surface area contributed by atoms with Crippen LogP contribution in [0, 0.1) is 5.41 Å². The Morgan fingerprint density at radius 3 is 2.23 bits per heavy atom. The molecule has 3 fully saturated rings. The third-order valence-corrected chi connectivity index (χ3v) is 6.39. The van der Waals surface area contributed by atoms with Crippen molar-refractivity contribution in [3.05, 3.63) is 29.8 Å². The molecule has 4 rings (SSSR count). The van der Waals surface area contributed by atoms with E-state index in [1.807, 2.05) is 0 Å². The Morgan fingerprint density at radius 1 is 0.962 bits per heavy atom. The first-order valence-corrected chi connectivity index (χ1v) is 9.55. The predicted octanol–water partition coefficient (Wildman–Crippen LogP) is 2.60. The first-order valence-electron chi connectivity index (χ1n) is 9.55. The SMILES string of the molecule is Cl.O=C1CCC(c2ccc(N3CCC4(CCNCC4)CC3)cc2)C(=O)N1. The molecule has 1 aromatic rings. The first kappa shape index (κ1) is 19.2.